The monoisotopic (exact) mass is 457 g/mol. The number of amides is 1. The van der Waals surface area contributed by atoms with Gasteiger partial charge in [0.1, 0.15) is 18.7 Å². The largest absolute Gasteiger partial charge is 0.361 e. The van der Waals surface area contributed by atoms with E-state index >= 15 is 0 Å². The molecule has 0 unspecified atom stereocenters. The van der Waals surface area contributed by atoms with Gasteiger partial charge in [0.25, 0.3) is 11.6 Å². The lowest BCUT2D eigenvalue weighted by Crippen LogP contribution is -2.25. The minimum atomic E-state index is -1.24. The van der Waals surface area contributed by atoms with Crippen LogP contribution in [0.2, 0.25) is 25.7 Å². The number of fused-ring (bicyclic) bond motifs is 1. The molecular formula is C21H27N5O5Si. The number of nitro groups is 1. The maximum Gasteiger partial charge on any atom is 0.279 e. The van der Waals surface area contributed by atoms with Crippen molar-refractivity contribution in [3.8, 4) is 11.3 Å². The predicted octanol–water partition coefficient (Wildman–Crippen LogP) is 3.95. The van der Waals surface area contributed by atoms with Crippen molar-refractivity contribution in [2.75, 3.05) is 20.8 Å². The van der Waals surface area contributed by atoms with E-state index in [0.717, 1.165) is 11.1 Å². The number of carbonyl (C=O) groups excluding carboxylic acids is 1. The highest BCUT2D eigenvalue weighted by Gasteiger charge is 2.24. The minimum Gasteiger partial charge on any atom is -0.361 e. The van der Waals surface area contributed by atoms with Crippen molar-refractivity contribution in [3.63, 3.8) is 0 Å². The Kier molecular flexibility index (Phi) is 7.01. The molecule has 0 radical (unpaired) electrons. The maximum absolute atomic E-state index is 13.0. The molecule has 0 aliphatic carbocycles. The average molecular weight is 458 g/mol. The number of nitrogens with zero attached hydrogens (tertiary/aromatic N) is 5. The predicted molar refractivity (Wildman–Crippen MR) is 123 cm³/mol. The Morgan fingerprint density at radius 1 is 1.28 bits per heavy atom. The van der Waals surface area contributed by atoms with Crippen LogP contribution in [0.25, 0.3) is 22.3 Å². The van der Waals surface area contributed by atoms with Crippen LogP contribution in [-0.4, -0.2) is 59.3 Å². The highest BCUT2D eigenvalue weighted by Crippen LogP contribution is 2.32. The highest BCUT2D eigenvalue weighted by atomic mass is 28.3. The number of rotatable bonds is 9. The van der Waals surface area contributed by atoms with Crippen LogP contribution in [0, 0.1) is 10.1 Å². The second-order valence-corrected chi connectivity index (χ2v) is 14.2. The number of nitro benzene ring substituents is 1. The van der Waals surface area contributed by atoms with Crippen molar-refractivity contribution in [3.05, 3.63) is 52.5 Å². The first-order valence-corrected chi connectivity index (χ1v) is 13.8. The normalized spacial score (nSPS) is 11.7. The molecule has 32 heavy (non-hydrogen) atoms. The number of hydroxylamine groups is 2. The standard InChI is InChI=1S/C21H27N5O5Si/c1-24(30-2)21(27)17-12-25(14-31-9-10-32(3,4)5)20-18(17)19(22-13-23-20)15-7-6-8-16(11-15)26(28)29/h6-8,11-13H,9-10,14H2,1-5H3. The summed E-state index contributed by atoms with van der Waals surface area (Å²) < 4.78 is 7.62. The van der Waals surface area contributed by atoms with E-state index in [4.69, 9.17) is 9.57 Å². The van der Waals surface area contributed by atoms with Crippen molar-refractivity contribution in [2.45, 2.75) is 32.4 Å². The second kappa shape index (κ2) is 9.55. The van der Waals surface area contributed by atoms with Gasteiger partial charge in [0.05, 0.1) is 28.7 Å². The summed E-state index contributed by atoms with van der Waals surface area (Å²) in [5.74, 6) is -0.389. The summed E-state index contributed by atoms with van der Waals surface area (Å²) in [7, 11) is 1.66. The number of benzene rings is 1. The summed E-state index contributed by atoms with van der Waals surface area (Å²) in [6.07, 6.45) is 3.04. The highest BCUT2D eigenvalue weighted by molar-refractivity contribution is 6.76. The number of aromatic nitrogens is 3. The van der Waals surface area contributed by atoms with E-state index in [0.29, 0.717) is 34.5 Å². The lowest BCUT2D eigenvalue weighted by Gasteiger charge is -2.15. The quantitative estimate of drug-likeness (QED) is 0.207. The molecule has 170 valence electrons. The molecule has 0 aliphatic rings. The smallest absolute Gasteiger partial charge is 0.279 e. The zero-order valence-electron chi connectivity index (χ0n) is 18.9. The Balaban J connectivity index is 2.09. The minimum absolute atomic E-state index is 0.0646. The molecule has 2 aromatic heterocycles. The third-order valence-electron chi connectivity index (χ3n) is 5.00. The van der Waals surface area contributed by atoms with Gasteiger partial charge in [0.2, 0.25) is 0 Å². The fourth-order valence-electron chi connectivity index (χ4n) is 3.16. The van der Waals surface area contributed by atoms with Gasteiger partial charge in [-0.3, -0.25) is 19.7 Å². The molecule has 10 nitrogen and oxygen atoms in total. The molecule has 0 bridgehead atoms. The first-order valence-electron chi connectivity index (χ1n) is 10.1. The molecule has 0 atom stereocenters. The van der Waals surface area contributed by atoms with Crippen molar-refractivity contribution < 1.29 is 19.3 Å². The number of carbonyl (C=O) groups is 1. The van der Waals surface area contributed by atoms with Crippen molar-refractivity contribution in [1.29, 1.82) is 0 Å². The molecule has 1 amide bonds. The van der Waals surface area contributed by atoms with Crippen LogP contribution in [0.4, 0.5) is 5.69 Å². The first kappa shape index (κ1) is 23.5. The van der Waals surface area contributed by atoms with Crippen molar-refractivity contribution in [2.24, 2.45) is 0 Å². The summed E-state index contributed by atoms with van der Waals surface area (Å²) in [5, 5.41) is 12.8. The fourth-order valence-corrected chi connectivity index (χ4v) is 3.92. The number of non-ortho nitro benzene ring substituents is 1. The van der Waals surface area contributed by atoms with Gasteiger partial charge >= 0.3 is 0 Å². The molecule has 3 rings (SSSR count). The van der Waals surface area contributed by atoms with Crippen LogP contribution in [0.15, 0.2) is 36.8 Å². The van der Waals surface area contributed by atoms with Gasteiger partial charge in [-0.05, 0) is 6.04 Å². The molecule has 0 fully saturated rings. The number of hydrogen-bond acceptors (Lipinski definition) is 7. The SMILES string of the molecule is CON(C)C(=O)c1cn(COCC[Si](C)(C)C)c2ncnc(-c3cccc([N+](=O)[O-])c3)c12. The van der Waals surface area contributed by atoms with E-state index in [9.17, 15) is 14.9 Å². The number of hydrogen-bond donors (Lipinski definition) is 0. The molecule has 0 aliphatic heterocycles. The van der Waals surface area contributed by atoms with Crippen molar-refractivity contribution >= 4 is 30.7 Å². The molecule has 1 aromatic carbocycles. The van der Waals surface area contributed by atoms with E-state index in [2.05, 4.69) is 29.6 Å². The summed E-state index contributed by atoms with van der Waals surface area (Å²) in [6, 6.07) is 7.14. The van der Waals surface area contributed by atoms with Gasteiger partial charge in [-0.15, -0.1) is 0 Å². The van der Waals surface area contributed by atoms with Crippen LogP contribution in [0.1, 0.15) is 10.4 Å². The molecule has 2 heterocycles. The summed E-state index contributed by atoms with van der Waals surface area (Å²) in [6.45, 7) is 7.65. The van der Waals surface area contributed by atoms with E-state index in [-0.39, 0.29) is 18.3 Å². The van der Waals surface area contributed by atoms with Gasteiger partial charge in [0.15, 0.2) is 0 Å². The van der Waals surface area contributed by atoms with Crippen LogP contribution < -0.4 is 0 Å². The van der Waals surface area contributed by atoms with Crippen LogP contribution in [0.3, 0.4) is 0 Å². The maximum atomic E-state index is 13.0. The molecule has 3 aromatic rings. The summed E-state index contributed by atoms with van der Waals surface area (Å²) >= 11 is 0. The number of ether oxygens (including phenoxy) is 1. The zero-order valence-corrected chi connectivity index (χ0v) is 19.9. The first-order chi connectivity index (χ1) is 15.1. The van der Waals surface area contributed by atoms with E-state index in [1.54, 1.807) is 22.9 Å². The lowest BCUT2D eigenvalue weighted by atomic mass is 10.1. The summed E-state index contributed by atoms with van der Waals surface area (Å²) in [5.41, 5.74) is 1.69. The van der Waals surface area contributed by atoms with Gasteiger partial charge in [-0.25, -0.2) is 15.0 Å². The van der Waals surface area contributed by atoms with E-state index in [1.807, 2.05) is 0 Å². The molecule has 0 saturated carbocycles. The molecule has 0 saturated heterocycles. The summed E-state index contributed by atoms with van der Waals surface area (Å²) in [4.78, 5) is 37.6. The molecule has 0 spiro atoms. The van der Waals surface area contributed by atoms with E-state index < -0.39 is 13.0 Å². The molecular weight excluding hydrogens is 430 g/mol. The van der Waals surface area contributed by atoms with Crippen LogP contribution in [0.5, 0.6) is 0 Å². The third-order valence-corrected chi connectivity index (χ3v) is 6.71. The lowest BCUT2D eigenvalue weighted by molar-refractivity contribution is -0.384. The Labute approximate surface area is 186 Å². The Hall–Kier alpha value is -3.15. The second-order valence-electron chi connectivity index (χ2n) is 8.57. The van der Waals surface area contributed by atoms with Crippen LogP contribution >= 0.6 is 0 Å². The Bertz CT molecular complexity index is 1140. The molecule has 0 N–H and O–H groups in total. The van der Waals surface area contributed by atoms with Gasteiger partial charge < -0.3 is 9.30 Å². The van der Waals surface area contributed by atoms with Gasteiger partial charge in [-0.2, -0.15) is 0 Å². The van der Waals surface area contributed by atoms with Gasteiger partial charge in [0, 0.05) is 45.6 Å². The van der Waals surface area contributed by atoms with Crippen molar-refractivity contribution in [1.82, 2.24) is 19.6 Å². The molecule has 11 heteroatoms. The Morgan fingerprint density at radius 2 is 2.03 bits per heavy atom. The third kappa shape index (κ3) is 5.18. The topological polar surface area (TPSA) is 113 Å². The van der Waals surface area contributed by atoms with Gasteiger partial charge in [-0.1, -0.05) is 31.8 Å². The Morgan fingerprint density at radius 3 is 2.69 bits per heavy atom. The zero-order chi connectivity index (χ0) is 23.5. The van der Waals surface area contributed by atoms with E-state index in [1.165, 1.54) is 32.6 Å². The van der Waals surface area contributed by atoms with Crippen LogP contribution in [-0.2, 0) is 16.3 Å². The average Bonchev–Trinajstić information content (AvgIpc) is 3.13. The fraction of sp³-hybridized carbons (Fsp3) is 0.381.